The summed E-state index contributed by atoms with van der Waals surface area (Å²) < 4.78 is 2.10. The van der Waals surface area contributed by atoms with Crippen molar-refractivity contribution in [2.75, 3.05) is 11.9 Å². The fraction of sp³-hybridized carbons (Fsp3) is 0.385. The van der Waals surface area contributed by atoms with Crippen LogP contribution in [0.15, 0.2) is 24.5 Å². The van der Waals surface area contributed by atoms with Crippen LogP contribution in [0.25, 0.3) is 11.4 Å². The second-order valence-corrected chi connectivity index (χ2v) is 4.70. The first-order valence-electron chi connectivity index (χ1n) is 6.02. The number of aromatic nitrogens is 3. The Bertz CT molecular complexity index is 542. The fourth-order valence-electron chi connectivity index (χ4n) is 2.27. The van der Waals surface area contributed by atoms with Gasteiger partial charge in [0.2, 0.25) is 0 Å². The zero-order chi connectivity index (χ0) is 11.8. The highest BCUT2D eigenvalue weighted by Crippen LogP contribution is 2.28. The maximum atomic E-state index is 4.23. The van der Waals surface area contributed by atoms with Gasteiger partial charge >= 0.3 is 0 Å². The predicted octanol–water partition coefficient (Wildman–Crippen LogP) is 2.49. The van der Waals surface area contributed by atoms with Gasteiger partial charge in [-0.2, -0.15) is 0 Å². The van der Waals surface area contributed by atoms with E-state index >= 15 is 0 Å². The van der Waals surface area contributed by atoms with Crippen molar-refractivity contribution >= 4 is 5.69 Å². The molecule has 0 bridgehead atoms. The lowest BCUT2D eigenvalue weighted by Crippen LogP contribution is -2.01. The highest BCUT2D eigenvalue weighted by molar-refractivity contribution is 5.65. The first-order chi connectivity index (χ1) is 8.25. The molecule has 1 aliphatic rings. The average Bonchev–Trinajstić information content (AvgIpc) is 2.96. The summed E-state index contributed by atoms with van der Waals surface area (Å²) in [6, 6.07) is 6.85. The maximum absolute atomic E-state index is 4.23. The smallest absolute Gasteiger partial charge is 0.163 e. The van der Waals surface area contributed by atoms with Gasteiger partial charge in [-0.05, 0) is 44.0 Å². The van der Waals surface area contributed by atoms with Crippen LogP contribution in [0.3, 0.4) is 0 Å². The number of anilines is 1. The molecule has 0 aliphatic carbocycles. The zero-order valence-electron chi connectivity index (χ0n) is 10.1. The van der Waals surface area contributed by atoms with E-state index < -0.39 is 0 Å². The molecule has 3 rings (SSSR count). The molecule has 1 N–H and O–H groups in total. The second kappa shape index (κ2) is 3.87. The molecule has 0 spiro atoms. The standard InChI is InChI=1S/C13H16N4/c1-9(2)17-8-15-16-13(17)11-3-4-12-10(7-11)5-6-14-12/h3-4,7-9,14H,5-6H2,1-2H3. The number of nitrogens with one attached hydrogen (secondary N) is 1. The van der Waals surface area contributed by atoms with Gasteiger partial charge < -0.3 is 9.88 Å². The largest absolute Gasteiger partial charge is 0.384 e. The van der Waals surface area contributed by atoms with Gasteiger partial charge in [-0.15, -0.1) is 10.2 Å². The Balaban J connectivity index is 2.06. The number of benzene rings is 1. The summed E-state index contributed by atoms with van der Waals surface area (Å²) in [6.07, 6.45) is 2.89. The molecule has 1 aromatic carbocycles. The van der Waals surface area contributed by atoms with Gasteiger partial charge in [-0.1, -0.05) is 0 Å². The number of rotatable bonds is 2. The number of nitrogens with zero attached hydrogens (tertiary/aromatic N) is 3. The molecule has 0 atom stereocenters. The maximum Gasteiger partial charge on any atom is 0.163 e. The Morgan fingerprint density at radius 3 is 3.06 bits per heavy atom. The topological polar surface area (TPSA) is 42.7 Å². The van der Waals surface area contributed by atoms with Gasteiger partial charge in [0.25, 0.3) is 0 Å². The number of hydrogen-bond donors (Lipinski definition) is 1. The van der Waals surface area contributed by atoms with E-state index in [0.29, 0.717) is 6.04 Å². The van der Waals surface area contributed by atoms with E-state index in [4.69, 9.17) is 0 Å². The molecule has 88 valence electrons. The first kappa shape index (κ1) is 10.3. The molecule has 17 heavy (non-hydrogen) atoms. The van der Waals surface area contributed by atoms with E-state index in [1.54, 1.807) is 6.33 Å². The third-order valence-electron chi connectivity index (χ3n) is 3.20. The Labute approximate surface area is 101 Å². The summed E-state index contributed by atoms with van der Waals surface area (Å²) in [6.45, 7) is 5.32. The third kappa shape index (κ3) is 1.69. The lowest BCUT2D eigenvalue weighted by Gasteiger charge is -2.10. The highest BCUT2D eigenvalue weighted by Gasteiger charge is 2.14. The summed E-state index contributed by atoms with van der Waals surface area (Å²) in [4.78, 5) is 0. The SMILES string of the molecule is CC(C)n1cnnc1-c1ccc2c(c1)CCN2. The number of hydrogen-bond acceptors (Lipinski definition) is 3. The molecule has 2 heterocycles. The molecule has 2 aromatic rings. The Kier molecular flexibility index (Phi) is 2.35. The van der Waals surface area contributed by atoms with Gasteiger partial charge in [0, 0.05) is 23.8 Å². The van der Waals surface area contributed by atoms with Crippen LogP contribution >= 0.6 is 0 Å². The van der Waals surface area contributed by atoms with Gasteiger partial charge in [-0.3, -0.25) is 0 Å². The van der Waals surface area contributed by atoms with E-state index in [-0.39, 0.29) is 0 Å². The van der Waals surface area contributed by atoms with Crippen molar-refractivity contribution in [3.63, 3.8) is 0 Å². The van der Waals surface area contributed by atoms with E-state index in [0.717, 1.165) is 24.4 Å². The summed E-state index contributed by atoms with van der Waals surface area (Å²) in [5.74, 6) is 0.953. The quantitative estimate of drug-likeness (QED) is 0.858. The van der Waals surface area contributed by atoms with Crippen LogP contribution in [0.4, 0.5) is 5.69 Å². The van der Waals surface area contributed by atoms with E-state index in [1.165, 1.54) is 11.3 Å². The highest BCUT2D eigenvalue weighted by atomic mass is 15.3. The molecular formula is C13H16N4. The van der Waals surface area contributed by atoms with Gasteiger partial charge in [0.1, 0.15) is 6.33 Å². The van der Waals surface area contributed by atoms with Crippen molar-refractivity contribution < 1.29 is 0 Å². The van der Waals surface area contributed by atoms with Crippen LogP contribution in [0.2, 0.25) is 0 Å². The van der Waals surface area contributed by atoms with E-state index in [9.17, 15) is 0 Å². The van der Waals surface area contributed by atoms with Crippen molar-refractivity contribution in [1.82, 2.24) is 14.8 Å². The lowest BCUT2D eigenvalue weighted by molar-refractivity contribution is 0.604. The average molecular weight is 228 g/mol. The Hall–Kier alpha value is -1.84. The predicted molar refractivity (Wildman–Crippen MR) is 68.0 cm³/mol. The second-order valence-electron chi connectivity index (χ2n) is 4.70. The fourth-order valence-corrected chi connectivity index (χ4v) is 2.27. The lowest BCUT2D eigenvalue weighted by atomic mass is 10.1. The van der Waals surface area contributed by atoms with Crippen LogP contribution in [-0.4, -0.2) is 21.3 Å². The Morgan fingerprint density at radius 2 is 2.24 bits per heavy atom. The van der Waals surface area contributed by atoms with Gasteiger partial charge in [0.05, 0.1) is 0 Å². The molecule has 0 saturated heterocycles. The molecule has 4 heteroatoms. The zero-order valence-corrected chi connectivity index (χ0v) is 10.1. The van der Waals surface area contributed by atoms with Crippen LogP contribution < -0.4 is 5.32 Å². The molecule has 0 saturated carbocycles. The summed E-state index contributed by atoms with van der Waals surface area (Å²) in [5.41, 5.74) is 3.78. The monoisotopic (exact) mass is 228 g/mol. The third-order valence-corrected chi connectivity index (χ3v) is 3.20. The molecule has 4 nitrogen and oxygen atoms in total. The first-order valence-corrected chi connectivity index (χ1v) is 6.02. The normalized spacial score (nSPS) is 13.8. The van der Waals surface area contributed by atoms with E-state index in [2.05, 4.69) is 52.1 Å². The van der Waals surface area contributed by atoms with Crippen molar-refractivity contribution in [2.24, 2.45) is 0 Å². The van der Waals surface area contributed by atoms with Crippen molar-refractivity contribution in [2.45, 2.75) is 26.3 Å². The Morgan fingerprint density at radius 1 is 1.35 bits per heavy atom. The molecule has 0 unspecified atom stereocenters. The molecule has 0 amide bonds. The van der Waals surface area contributed by atoms with Gasteiger partial charge in [-0.25, -0.2) is 0 Å². The minimum Gasteiger partial charge on any atom is -0.384 e. The summed E-state index contributed by atoms with van der Waals surface area (Å²) >= 11 is 0. The van der Waals surface area contributed by atoms with Crippen molar-refractivity contribution in [3.05, 3.63) is 30.1 Å². The van der Waals surface area contributed by atoms with Crippen LogP contribution in [0.1, 0.15) is 25.5 Å². The minimum atomic E-state index is 0.381. The van der Waals surface area contributed by atoms with Crippen molar-refractivity contribution in [1.29, 1.82) is 0 Å². The molecule has 0 fully saturated rings. The van der Waals surface area contributed by atoms with Gasteiger partial charge in [0.15, 0.2) is 5.82 Å². The van der Waals surface area contributed by atoms with Crippen LogP contribution in [0, 0.1) is 0 Å². The molecule has 0 radical (unpaired) electrons. The van der Waals surface area contributed by atoms with Crippen LogP contribution in [-0.2, 0) is 6.42 Å². The minimum absolute atomic E-state index is 0.381. The molecular weight excluding hydrogens is 212 g/mol. The van der Waals surface area contributed by atoms with Crippen molar-refractivity contribution in [3.8, 4) is 11.4 Å². The van der Waals surface area contributed by atoms with E-state index in [1.807, 2.05) is 0 Å². The summed E-state index contributed by atoms with van der Waals surface area (Å²) in [5, 5.41) is 11.6. The van der Waals surface area contributed by atoms with Crippen LogP contribution in [0.5, 0.6) is 0 Å². The summed E-state index contributed by atoms with van der Waals surface area (Å²) in [7, 11) is 0. The molecule has 1 aliphatic heterocycles. The number of fused-ring (bicyclic) bond motifs is 1. The molecule has 1 aromatic heterocycles.